The van der Waals surface area contributed by atoms with E-state index in [2.05, 4.69) is 22.1 Å². The molecule has 1 aromatic carbocycles. The smallest absolute Gasteiger partial charge is 0.0542 e. The van der Waals surface area contributed by atoms with Gasteiger partial charge in [0, 0.05) is 30.4 Å². The molecular weight excluding hydrogens is 148 g/mol. The minimum Gasteiger partial charge on any atom is -0.361 e. The van der Waals surface area contributed by atoms with Gasteiger partial charge in [0.1, 0.15) is 0 Å². The molecule has 1 N–H and O–H groups in total. The van der Waals surface area contributed by atoms with Crippen LogP contribution in [0.25, 0.3) is 10.9 Å². The molecule has 0 spiro atoms. The fraction of sp³-hybridized carbons (Fsp3) is 0.100. The van der Waals surface area contributed by atoms with E-state index >= 15 is 0 Å². The van der Waals surface area contributed by atoms with Crippen LogP contribution in [-0.2, 0) is 0 Å². The third-order valence-electron chi connectivity index (χ3n) is 1.89. The molecule has 2 heteroatoms. The van der Waals surface area contributed by atoms with Crippen molar-refractivity contribution in [1.82, 2.24) is 4.98 Å². The van der Waals surface area contributed by atoms with Crippen molar-refractivity contribution in [1.29, 1.82) is 0 Å². The molecule has 0 aliphatic heterocycles. The Bertz CT molecular complexity index is 412. The number of hydrogen-bond acceptors (Lipinski definition) is 1. The van der Waals surface area contributed by atoms with Gasteiger partial charge in [-0.3, -0.25) is 4.99 Å². The summed E-state index contributed by atoms with van der Waals surface area (Å²) >= 11 is 0. The summed E-state index contributed by atoms with van der Waals surface area (Å²) in [6, 6.07) is 8.22. The van der Waals surface area contributed by atoms with Crippen LogP contribution in [0.5, 0.6) is 0 Å². The monoisotopic (exact) mass is 158 g/mol. The van der Waals surface area contributed by atoms with E-state index in [9.17, 15) is 0 Å². The quantitative estimate of drug-likeness (QED) is 0.616. The van der Waals surface area contributed by atoms with E-state index in [4.69, 9.17) is 0 Å². The van der Waals surface area contributed by atoms with Crippen LogP contribution < -0.4 is 0 Å². The highest BCUT2D eigenvalue weighted by molar-refractivity contribution is 5.97. The lowest BCUT2D eigenvalue weighted by Gasteiger charge is -1.94. The van der Waals surface area contributed by atoms with Crippen molar-refractivity contribution in [3.8, 4) is 0 Å². The molecule has 0 saturated carbocycles. The molecule has 1 aromatic heterocycles. The van der Waals surface area contributed by atoms with Crippen molar-refractivity contribution in [2.45, 2.75) is 0 Å². The van der Waals surface area contributed by atoms with Crippen molar-refractivity contribution in [3.05, 3.63) is 36.0 Å². The molecule has 0 amide bonds. The zero-order chi connectivity index (χ0) is 8.39. The summed E-state index contributed by atoms with van der Waals surface area (Å²) in [5.41, 5.74) is 2.29. The molecule has 0 fully saturated rings. The standard InChI is InChI=1S/C10H10N2/c1-11-7-9-4-2-3-8-5-6-12-10(8)9/h2-7,12H,1H3. The average molecular weight is 158 g/mol. The van der Waals surface area contributed by atoms with Gasteiger partial charge in [-0.15, -0.1) is 0 Å². The van der Waals surface area contributed by atoms with Gasteiger partial charge >= 0.3 is 0 Å². The number of benzene rings is 1. The summed E-state index contributed by atoms with van der Waals surface area (Å²) in [5.74, 6) is 0. The fourth-order valence-electron chi connectivity index (χ4n) is 1.36. The predicted molar refractivity (Wildman–Crippen MR) is 51.8 cm³/mol. The van der Waals surface area contributed by atoms with Gasteiger partial charge in [-0.05, 0) is 6.07 Å². The number of fused-ring (bicyclic) bond motifs is 1. The maximum Gasteiger partial charge on any atom is 0.0542 e. The molecule has 60 valence electrons. The fourth-order valence-corrected chi connectivity index (χ4v) is 1.36. The van der Waals surface area contributed by atoms with Gasteiger partial charge in [0.2, 0.25) is 0 Å². The first-order chi connectivity index (χ1) is 5.92. The molecule has 12 heavy (non-hydrogen) atoms. The largest absolute Gasteiger partial charge is 0.361 e. The summed E-state index contributed by atoms with van der Waals surface area (Å²) in [5, 5.41) is 1.23. The Morgan fingerprint density at radius 1 is 1.33 bits per heavy atom. The summed E-state index contributed by atoms with van der Waals surface area (Å²) in [7, 11) is 1.78. The highest BCUT2D eigenvalue weighted by Gasteiger charge is 1.96. The first-order valence-electron chi connectivity index (χ1n) is 3.90. The van der Waals surface area contributed by atoms with E-state index in [0.29, 0.717) is 0 Å². The predicted octanol–water partition coefficient (Wildman–Crippen LogP) is 2.22. The second kappa shape index (κ2) is 2.81. The first kappa shape index (κ1) is 7.10. The van der Waals surface area contributed by atoms with Gasteiger partial charge in [-0.2, -0.15) is 0 Å². The van der Waals surface area contributed by atoms with Crippen molar-refractivity contribution < 1.29 is 0 Å². The number of aromatic amines is 1. The number of hydrogen-bond donors (Lipinski definition) is 1. The Kier molecular flexibility index (Phi) is 1.67. The molecule has 0 saturated heterocycles. The van der Waals surface area contributed by atoms with E-state index in [-0.39, 0.29) is 0 Å². The first-order valence-corrected chi connectivity index (χ1v) is 3.90. The zero-order valence-corrected chi connectivity index (χ0v) is 6.91. The highest BCUT2D eigenvalue weighted by atomic mass is 14.7. The van der Waals surface area contributed by atoms with Gasteiger partial charge in [-0.25, -0.2) is 0 Å². The van der Waals surface area contributed by atoms with Gasteiger partial charge in [0.05, 0.1) is 5.52 Å². The topological polar surface area (TPSA) is 28.1 Å². The van der Waals surface area contributed by atoms with Gasteiger partial charge in [0.15, 0.2) is 0 Å². The Hall–Kier alpha value is -1.57. The molecule has 0 aliphatic rings. The van der Waals surface area contributed by atoms with E-state index in [1.165, 1.54) is 5.39 Å². The van der Waals surface area contributed by atoms with Gasteiger partial charge in [0.25, 0.3) is 0 Å². The second-order valence-corrected chi connectivity index (χ2v) is 2.68. The highest BCUT2D eigenvalue weighted by Crippen LogP contribution is 2.14. The number of nitrogens with one attached hydrogen (secondary N) is 1. The molecule has 0 unspecified atom stereocenters. The molecule has 0 radical (unpaired) electrons. The number of rotatable bonds is 1. The maximum absolute atomic E-state index is 3.99. The van der Waals surface area contributed by atoms with Crippen LogP contribution in [0.3, 0.4) is 0 Å². The Labute approximate surface area is 70.9 Å². The van der Waals surface area contributed by atoms with Crippen molar-refractivity contribution >= 4 is 17.1 Å². The third kappa shape index (κ3) is 1.01. The molecule has 0 bridgehead atoms. The van der Waals surface area contributed by atoms with Crippen LogP contribution in [-0.4, -0.2) is 18.2 Å². The number of H-pyrrole nitrogens is 1. The van der Waals surface area contributed by atoms with Crippen LogP contribution in [0.4, 0.5) is 0 Å². The van der Waals surface area contributed by atoms with Crippen molar-refractivity contribution in [3.63, 3.8) is 0 Å². The zero-order valence-electron chi connectivity index (χ0n) is 6.91. The van der Waals surface area contributed by atoms with Crippen LogP contribution in [0.2, 0.25) is 0 Å². The van der Waals surface area contributed by atoms with Crippen LogP contribution in [0.1, 0.15) is 5.56 Å². The van der Waals surface area contributed by atoms with E-state index < -0.39 is 0 Å². The Morgan fingerprint density at radius 2 is 2.25 bits per heavy atom. The molecule has 2 aromatic rings. The van der Waals surface area contributed by atoms with Crippen molar-refractivity contribution in [2.75, 3.05) is 7.05 Å². The molecule has 0 aliphatic carbocycles. The lowest BCUT2D eigenvalue weighted by Crippen LogP contribution is -1.81. The molecule has 2 nitrogen and oxygen atoms in total. The molecular formula is C10H10N2. The van der Waals surface area contributed by atoms with Crippen molar-refractivity contribution in [2.24, 2.45) is 4.99 Å². The third-order valence-corrected chi connectivity index (χ3v) is 1.89. The second-order valence-electron chi connectivity index (χ2n) is 2.68. The average Bonchev–Trinajstić information content (AvgIpc) is 2.53. The van der Waals surface area contributed by atoms with Crippen LogP contribution in [0.15, 0.2) is 35.5 Å². The summed E-state index contributed by atoms with van der Waals surface area (Å²) in [6.07, 6.45) is 3.80. The van der Waals surface area contributed by atoms with Gasteiger partial charge in [-0.1, -0.05) is 18.2 Å². The number of aromatic nitrogens is 1. The summed E-state index contributed by atoms with van der Waals surface area (Å²) < 4.78 is 0. The number of para-hydroxylation sites is 1. The Balaban J connectivity index is 2.73. The lowest BCUT2D eigenvalue weighted by atomic mass is 10.1. The van der Waals surface area contributed by atoms with Gasteiger partial charge < -0.3 is 4.98 Å². The maximum atomic E-state index is 3.99. The van der Waals surface area contributed by atoms with Crippen LogP contribution in [0, 0.1) is 0 Å². The molecule has 0 atom stereocenters. The summed E-state index contributed by atoms with van der Waals surface area (Å²) in [4.78, 5) is 7.17. The molecule has 1 heterocycles. The Morgan fingerprint density at radius 3 is 3.08 bits per heavy atom. The van der Waals surface area contributed by atoms with Crippen LogP contribution >= 0.6 is 0 Å². The minimum atomic E-state index is 1.14. The normalized spacial score (nSPS) is 11.4. The van der Waals surface area contributed by atoms with E-state index in [1.807, 2.05) is 24.5 Å². The SMILES string of the molecule is CN=Cc1cccc2cc[nH]c12. The van der Waals surface area contributed by atoms with E-state index in [0.717, 1.165) is 11.1 Å². The van der Waals surface area contributed by atoms with E-state index in [1.54, 1.807) is 7.05 Å². The summed E-state index contributed by atoms with van der Waals surface area (Å²) in [6.45, 7) is 0. The number of aliphatic imine (C=N–C) groups is 1. The molecule has 2 rings (SSSR count). The minimum absolute atomic E-state index is 1.14. The lowest BCUT2D eigenvalue weighted by molar-refractivity contribution is 1.44. The number of nitrogens with zero attached hydrogens (tertiary/aromatic N) is 1.